The molecule has 1 spiro atoms. The summed E-state index contributed by atoms with van der Waals surface area (Å²) in [4.78, 5) is 8.86. The van der Waals surface area contributed by atoms with Gasteiger partial charge in [-0.1, -0.05) is 23.0 Å². The van der Waals surface area contributed by atoms with Crippen LogP contribution in [0.25, 0.3) is 11.6 Å². The second kappa shape index (κ2) is 7.35. The lowest BCUT2D eigenvalue weighted by Gasteiger charge is -2.21. The predicted molar refractivity (Wildman–Crippen MR) is 107 cm³/mol. The number of aliphatic imine (C=N–C) groups is 1. The van der Waals surface area contributed by atoms with Crippen molar-refractivity contribution in [2.45, 2.75) is 35.3 Å². The number of hydrogen-bond acceptors (Lipinski definition) is 9. The summed E-state index contributed by atoms with van der Waals surface area (Å²) < 4.78 is 44.5. The Balaban J connectivity index is 1.37. The molecule has 5 rings (SSSR count). The minimum atomic E-state index is -4.48. The molecule has 0 radical (unpaired) electrons. The minimum Gasteiger partial charge on any atom is -0.332 e. The number of benzene rings is 1. The summed E-state index contributed by atoms with van der Waals surface area (Å²) in [6.07, 6.45) is -1.46. The molecule has 0 saturated heterocycles. The Bertz CT molecular complexity index is 1230. The van der Waals surface area contributed by atoms with Gasteiger partial charge in [-0.25, -0.2) is 0 Å². The zero-order valence-corrected chi connectivity index (χ0v) is 17.2. The first kappa shape index (κ1) is 20.0. The Morgan fingerprint density at radius 3 is 2.74 bits per heavy atom. The fourth-order valence-corrected chi connectivity index (χ4v) is 5.45. The molecule has 1 aliphatic heterocycles. The molecule has 1 aromatic carbocycles. The highest BCUT2D eigenvalue weighted by molar-refractivity contribution is 8.38. The van der Waals surface area contributed by atoms with Gasteiger partial charge in [0, 0.05) is 11.3 Å². The lowest BCUT2D eigenvalue weighted by Crippen LogP contribution is -2.14. The molecule has 0 amide bonds. The highest BCUT2D eigenvalue weighted by Gasteiger charge is 2.49. The molecule has 7 nitrogen and oxygen atoms in total. The van der Waals surface area contributed by atoms with Crippen molar-refractivity contribution in [1.82, 2.24) is 20.3 Å². The van der Waals surface area contributed by atoms with Crippen LogP contribution >= 0.6 is 23.5 Å². The third-order valence-corrected chi connectivity index (χ3v) is 7.12. The van der Waals surface area contributed by atoms with Gasteiger partial charge in [0.15, 0.2) is 12.0 Å². The summed E-state index contributed by atoms with van der Waals surface area (Å²) in [6, 6.07) is 6.95. The number of alkyl halides is 3. The Labute approximate surface area is 182 Å². The molecule has 0 unspecified atom stereocenters. The first-order valence-corrected chi connectivity index (χ1v) is 10.8. The Kier molecular flexibility index (Phi) is 4.75. The highest BCUT2D eigenvalue weighted by atomic mass is 32.2. The third kappa shape index (κ3) is 3.79. The zero-order valence-electron chi connectivity index (χ0n) is 15.5. The molecule has 12 heteroatoms. The first-order valence-electron chi connectivity index (χ1n) is 9.04. The van der Waals surface area contributed by atoms with E-state index in [2.05, 4.69) is 20.3 Å². The molecule has 0 atom stereocenters. The summed E-state index contributed by atoms with van der Waals surface area (Å²) >= 11 is 2.73. The number of thioether (sulfide) groups is 2. The summed E-state index contributed by atoms with van der Waals surface area (Å²) in [5.74, 6) is 0.609. The van der Waals surface area contributed by atoms with Crippen LogP contribution < -0.4 is 0 Å². The van der Waals surface area contributed by atoms with Gasteiger partial charge in [-0.3, -0.25) is 4.99 Å². The first-order chi connectivity index (χ1) is 14.9. The maximum atomic E-state index is 12.9. The molecule has 1 saturated carbocycles. The van der Waals surface area contributed by atoms with Gasteiger partial charge in [-0.05, 0) is 48.4 Å². The molecule has 2 aromatic heterocycles. The van der Waals surface area contributed by atoms with Crippen LogP contribution in [0.3, 0.4) is 0 Å². The van der Waals surface area contributed by atoms with Crippen LogP contribution in [-0.2, 0) is 17.5 Å². The average Bonchev–Trinajstić information content (AvgIpc) is 3.30. The molecule has 0 bridgehead atoms. The van der Waals surface area contributed by atoms with Crippen LogP contribution in [0.4, 0.5) is 13.2 Å². The summed E-state index contributed by atoms with van der Waals surface area (Å²) in [5.41, 5.74) is 0.772. The van der Waals surface area contributed by atoms with Gasteiger partial charge < -0.3 is 4.52 Å². The van der Waals surface area contributed by atoms with Gasteiger partial charge >= 0.3 is 6.18 Å². The van der Waals surface area contributed by atoms with Crippen molar-refractivity contribution in [3.8, 4) is 17.7 Å². The van der Waals surface area contributed by atoms with Crippen molar-refractivity contribution in [2.24, 2.45) is 4.99 Å². The minimum absolute atomic E-state index is 0.00857. The van der Waals surface area contributed by atoms with Crippen molar-refractivity contribution in [1.29, 1.82) is 5.26 Å². The number of nitriles is 1. The molecular formula is C19H11F3N6OS2. The van der Waals surface area contributed by atoms with Crippen molar-refractivity contribution < 1.29 is 17.7 Å². The van der Waals surface area contributed by atoms with E-state index in [-0.39, 0.29) is 17.0 Å². The van der Waals surface area contributed by atoms with Gasteiger partial charge in [-0.2, -0.15) is 23.4 Å². The Morgan fingerprint density at radius 2 is 2.06 bits per heavy atom. The standard InChI is InChI=1S/C19H11F3N6OS2/c20-19(21,22)12-2-1-10(11(5-12)7-23)8-30-17-26-18(3-4-18)13-6-14(15-24-9-25-29-15)27-28-16(13)31-17/h1-2,5-6,9H,3-4,8H2. The van der Waals surface area contributed by atoms with E-state index < -0.39 is 11.7 Å². The van der Waals surface area contributed by atoms with Crippen molar-refractivity contribution in [3.63, 3.8) is 0 Å². The topological polar surface area (TPSA) is 101 Å². The summed E-state index contributed by atoms with van der Waals surface area (Å²) in [6.45, 7) is 0. The molecule has 156 valence electrons. The normalized spacial score (nSPS) is 16.5. The number of hydrogen-bond donors (Lipinski definition) is 0. The van der Waals surface area contributed by atoms with Gasteiger partial charge in [-0.15, -0.1) is 10.2 Å². The lowest BCUT2D eigenvalue weighted by atomic mass is 10.1. The second-order valence-corrected chi connectivity index (χ2v) is 9.18. The smallest absolute Gasteiger partial charge is 0.332 e. The predicted octanol–water partition coefficient (Wildman–Crippen LogP) is 4.80. The quantitative estimate of drug-likeness (QED) is 0.549. The Morgan fingerprint density at radius 1 is 1.23 bits per heavy atom. The van der Waals surface area contributed by atoms with E-state index >= 15 is 0 Å². The monoisotopic (exact) mass is 460 g/mol. The van der Waals surface area contributed by atoms with Crippen LogP contribution in [0.1, 0.15) is 35.1 Å². The average molecular weight is 460 g/mol. The summed E-state index contributed by atoms with van der Waals surface area (Å²) in [7, 11) is 0. The van der Waals surface area contributed by atoms with E-state index in [0.717, 1.165) is 39.9 Å². The Hall–Kier alpha value is -2.91. The number of halogens is 3. The third-order valence-electron chi connectivity index (χ3n) is 4.96. The van der Waals surface area contributed by atoms with E-state index in [1.807, 2.05) is 12.1 Å². The van der Waals surface area contributed by atoms with Crippen molar-refractivity contribution in [2.75, 3.05) is 0 Å². The molecule has 1 fully saturated rings. The van der Waals surface area contributed by atoms with E-state index in [1.54, 1.807) is 0 Å². The molecule has 3 aromatic rings. The van der Waals surface area contributed by atoms with Crippen LogP contribution in [0.15, 0.2) is 45.1 Å². The molecule has 3 heterocycles. The fourth-order valence-electron chi connectivity index (χ4n) is 3.20. The maximum Gasteiger partial charge on any atom is 0.416 e. The molecule has 0 N–H and O–H groups in total. The lowest BCUT2D eigenvalue weighted by molar-refractivity contribution is -0.137. The van der Waals surface area contributed by atoms with Crippen molar-refractivity contribution in [3.05, 3.63) is 52.8 Å². The number of fused-ring (bicyclic) bond motifs is 2. The zero-order chi connectivity index (χ0) is 21.6. The van der Waals surface area contributed by atoms with Gasteiger partial charge in [0.25, 0.3) is 5.89 Å². The van der Waals surface area contributed by atoms with Crippen LogP contribution in [0.5, 0.6) is 0 Å². The van der Waals surface area contributed by atoms with Crippen LogP contribution in [0, 0.1) is 11.3 Å². The van der Waals surface area contributed by atoms with Gasteiger partial charge in [0.05, 0.1) is 22.7 Å². The van der Waals surface area contributed by atoms with Gasteiger partial charge in [0.2, 0.25) is 0 Å². The molecule has 31 heavy (non-hydrogen) atoms. The second-order valence-electron chi connectivity index (χ2n) is 6.98. The van der Waals surface area contributed by atoms with Gasteiger partial charge in [0.1, 0.15) is 9.40 Å². The maximum absolute atomic E-state index is 12.9. The number of rotatable bonds is 3. The fraction of sp³-hybridized carbons (Fsp3) is 0.263. The summed E-state index contributed by atoms with van der Waals surface area (Å²) in [5, 5.41) is 22.1. The number of nitrogens with zero attached hydrogens (tertiary/aromatic N) is 6. The van der Waals surface area contributed by atoms with E-state index in [1.165, 1.54) is 35.9 Å². The molecule has 1 aliphatic carbocycles. The number of aromatic nitrogens is 4. The largest absolute Gasteiger partial charge is 0.416 e. The molecule has 2 aliphatic rings. The highest BCUT2D eigenvalue weighted by Crippen LogP contribution is 2.56. The van der Waals surface area contributed by atoms with E-state index in [0.29, 0.717) is 17.0 Å². The van der Waals surface area contributed by atoms with E-state index in [4.69, 9.17) is 9.52 Å². The van der Waals surface area contributed by atoms with Crippen LogP contribution in [0.2, 0.25) is 0 Å². The SMILES string of the molecule is N#Cc1cc(C(F)(F)F)ccc1CSC1=NC2(CC2)c2cc(-c3ncno3)nnc2S1. The van der Waals surface area contributed by atoms with E-state index in [9.17, 15) is 18.4 Å². The molecular weight excluding hydrogens is 449 g/mol. The van der Waals surface area contributed by atoms with Crippen molar-refractivity contribution >= 4 is 27.9 Å². The van der Waals surface area contributed by atoms with Crippen LogP contribution in [-0.4, -0.2) is 24.7 Å².